The number of benzene rings is 2. The number of carbonyl (C=O) groups excluding carboxylic acids is 2. The van der Waals surface area contributed by atoms with Crippen molar-refractivity contribution >= 4 is 34.8 Å². The highest BCUT2D eigenvalue weighted by atomic mass is 35.5. The molecule has 1 fully saturated rings. The van der Waals surface area contributed by atoms with Crippen LogP contribution in [0.25, 0.3) is 0 Å². The molecule has 2 aromatic carbocycles. The summed E-state index contributed by atoms with van der Waals surface area (Å²) in [5.41, 5.74) is 3.10. The van der Waals surface area contributed by atoms with Crippen LogP contribution in [0.3, 0.4) is 0 Å². The molecule has 0 aromatic heterocycles. The molecule has 2 amide bonds. The van der Waals surface area contributed by atoms with Crippen LogP contribution < -0.4 is 15.0 Å². The minimum absolute atomic E-state index is 0.0790. The number of rotatable bonds is 5. The fraction of sp³-hybridized carbons (Fsp3) is 0.300. The van der Waals surface area contributed by atoms with E-state index < -0.39 is 0 Å². The van der Waals surface area contributed by atoms with Crippen molar-refractivity contribution < 1.29 is 14.3 Å². The molecule has 0 atom stereocenters. The molecule has 1 N–H and O–H groups in total. The van der Waals surface area contributed by atoms with Gasteiger partial charge in [0.2, 0.25) is 5.91 Å². The number of nitrogens with one attached hydrogen (secondary N) is 1. The number of carbonyl (C=O) groups is 2. The molecule has 0 saturated carbocycles. The maximum Gasteiger partial charge on any atom is 0.262 e. The Hall–Kier alpha value is -2.53. The molecule has 0 unspecified atom stereocenters. The van der Waals surface area contributed by atoms with Gasteiger partial charge in [0.15, 0.2) is 6.61 Å². The summed E-state index contributed by atoms with van der Waals surface area (Å²) in [6.45, 7) is 4.33. The number of hydrogen-bond donors (Lipinski definition) is 1. The van der Waals surface area contributed by atoms with Crippen molar-refractivity contribution in [2.75, 3.05) is 23.4 Å². The van der Waals surface area contributed by atoms with E-state index in [1.807, 2.05) is 32.0 Å². The molecule has 26 heavy (non-hydrogen) atoms. The van der Waals surface area contributed by atoms with Gasteiger partial charge in [0.25, 0.3) is 5.91 Å². The third-order valence-corrected chi connectivity index (χ3v) is 4.53. The van der Waals surface area contributed by atoms with E-state index in [0.717, 1.165) is 23.2 Å². The van der Waals surface area contributed by atoms with Crippen LogP contribution in [0.1, 0.15) is 24.0 Å². The van der Waals surface area contributed by atoms with Crippen molar-refractivity contribution in [1.82, 2.24) is 0 Å². The maximum atomic E-state index is 12.4. The number of halogens is 1. The normalized spacial score (nSPS) is 13.8. The number of para-hydroxylation sites is 2. The van der Waals surface area contributed by atoms with E-state index in [4.69, 9.17) is 16.3 Å². The molecular weight excluding hydrogens is 352 g/mol. The lowest BCUT2D eigenvalue weighted by atomic mass is 10.1. The Balaban J connectivity index is 1.69. The highest BCUT2D eigenvalue weighted by Gasteiger charge is 2.24. The minimum atomic E-state index is -0.280. The van der Waals surface area contributed by atoms with Gasteiger partial charge in [-0.05, 0) is 55.7 Å². The zero-order valence-corrected chi connectivity index (χ0v) is 15.6. The summed E-state index contributed by atoms with van der Waals surface area (Å²) in [5, 5.41) is 3.48. The standard InChI is InChI=1S/C20H21ClN2O3/c1-13-10-15(21)11-14(2)20(13)26-12-18(24)22-16-6-3-4-7-17(16)23-9-5-8-19(23)25/h3-4,6-7,10-11H,5,8-9,12H2,1-2H3,(H,22,24). The SMILES string of the molecule is Cc1cc(Cl)cc(C)c1OCC(=O)Nc1ccccc1N1CCCC1=O. The summed E-state index contributed by atoms with van der Waals surface area (Å²) in [4.78, 5) is 26.1. The summed E-state index contributed by atoms with van der Waals surface area (Å²) >= 11 is 6.02. The lowest BCUT2D eigenvalue weighted by Gasteiger charge is -2.20. The molecule has 3 rings (SSSR count). The van der Waals surface area contributed by atoms with E-state index in [2.05, 4.69) is 5.32 Å². The monoisotopic (exact) mass is 372 g/mol. The first-order chi connectivity index (χ1) is 12.5. The van der Waals surface area contributed by atoms with Gasteiger partial charge in [-0.1, -0.05) is 23.7 Å². The summed E-state index contributed by atoms with van der Waals surface area (Å²) in [6.07, 6.45) is 1.37. The Bertz CT molecular complexity index is 828. The smallest absolute Gasteiger partial charge is 0.262 e. The van der Waals surface area contributed by atoms with Crippen molar-refractivity contribution in [1.29, 1.82) is 0 Å². The summed E-state index contributed by atoms with van der Waals surface area (Å²) in [6, 6.07) is 10.9. The van der Waals surface area contributed by atoms with Gasteiger partial charge in [0, 0.05) is 18.0 Å². The molecule has 1 heterocycles. The van der Waals surface area contributed by atoms with E-state index in [-0.39, 0.29) is 18.4 Å². The Morgan fingerprint density at radius 1 is 1.23 bits per heavy atom. The highest BCUT2D eigenvalue weighted by Crippen LogP contribution is 2.30. The fourth-order valence-electron chi connectivity index (χ4n) is 3.17. The van der Waals surface area contributed by atoms with Gasteiger partial charge < -0.3 is 15.0 Å². The topological polar surface area (TPSA) is 58.6 Å². The molecule has 0 bridgehead atoms. The van der Waals surface area contributed by atoms with Gasteiger partial charge in [-0.3, -0.25) is 9.59 Å². The lowest BCUT2D eigenvalue weighted by molar-refractivity contribution is -0.118. The number of ether oxygens (including phenoxy) is 1. The lowest BCUT2D eigenvalue weighted by Crippen LogP contribution is -2.27. The zero-order chi connectivity index (χ0) is 18.7. The van der Waals surface area contributed by atoms with Crippen LogP contribution in [-0.2, 0) is 9.59 Å². The van der Waals surface area contributed by atoms with Crippen molar-refractivity contribution in [3.05, 3.63) is 52.5 Å². The second-order valence-corrected chi connectivity index (χ2v) is 6.81. The van der Waals surface area contributed by atoms with Gasteiger partial charge in [0.05, 0.1) is 11.4 Å². The van der Waals surface area contributed by atoms with Crippen LogP contribution in [0.15, 0.2) is 36.4 Å². The molecule has 1 saturated heterocycles. The van der Waals surface area contributed by atoms with Gasteiger partial charge in [-0.15, -0.1) is 0 Å². The van der Waals surface area contributed by atoms with Crippen molar-refractivity contribution in [2.45, 2.75) is 26.7 Å². The van der Waals surface area contributed by atoms with Crippen molar-refractivity contribution in [3.63, 3.8) is 0 Å². The van der Waals surface area contributed by atoms with Crippen LogP contribution in [0, 0.1) is 13.8 Å². The second kappa shape index (κ2) is 7.79. The highest BCUT2D eigenvalue weighted by molar-refractivity contribution is 6.30. The average Bonchev–Trinajstić information content (AvgIpc) is 3.00. The van der Waals surface area contributed by atoms with E-state index >= 15 is 0 Å². The van der Waals surface area contributed by atoms with E-state index in [9.17, 15) is 9.59 Å². The zero-order valence-electron chi connectivity index (χ0n) is 14.8. The minimum Gasteiger partial charge on any atom is -0.483 e. The van der Waals surface area contributed by atoms with Gasteiger partial charge in [-0.25, -0.2) is 0 Å². The molecule has 136 valence electrons. The number of amides is 2. The molecule has 0 spiro atoms. The van der Waals surface area contributed by atoms with Crippen LogP contribution in [0.2, 0.25) is 5.02 Å². The second-order valence-electron chi connectivity index (χ2n) is 6.37. The number of anilines is 2. The molecular formula is C20H21ClN2O3. The van der Waals surface area contributed by atoms with Crippen molar-refractivity contribution in [2.24, 2.45) is 0 Å². The molecule has 1 aliphatic heterocycles. The molecule has 2 aromatic rings. The molecule has 0 aliphatic carbocycles. The van der Waals surface area contributed by atoms with Crippen molar-refractivity contribution in [3.8, 4) is 5.75 Å². The molecule has 5 nitrogen and oxygen atoms in total. The van der Waals surface area contributed by atoms with E-state index in [1.54, 1.807) is 23.1 Å². The number of nitrogens with zero attached hydrogens (tertiary/aromatic N) is 1. The number of hydrogen-bond acceptors (Lipinski definition) is 3. The Morgan fingerprint density at radius 3 is 2.58 bits per heavy atom. The largest absolute Gasteiger partial charge is 0.483 e. The van der Waals surface area contributed by atoms with Crippen LogP contribution in [0.5, 0.6) is 5.75 Å². The fourth-order valence-corrected chi connectivity index (χ4v) is 3.49. The third kappa shape index (κ3) is 3.99. The quantitative estimate of drug-likeness (QED) is 0.859. The Labute approximate surface area is 157 Å². The first-order valence-corrected chi connectivity index (χ1v) is 8.92. The molecule has 6 heteroatoms. The summed E-state index contributed by atoms with van der Waals surface area (Å²) in [5.74, 6) is 0.459. The maximum absolute atomic E-state index is 12.4. The molecule has 0 radical (unpaired) electrons. The van der Waals surface area contributed by atoms with Gasteiger partial charge in [0.1, 0.15) is 5.75 Å². The first kappa shape index (κ1) is 18.3. The van der Waals surface area contributed by atoms with Gasteiger partial charge in [-0.2, -0.15) is 0 Å². The average molecular weight is 373 g/mol. The van der Waals surface area contributed by atoms with E-state index in [1.165, 1.54) is 0 Å². The molecule has 1 aliphatic rings. The predicted octanol–water partition coefficient (Wildman–Crippen LogP) is 4.10. The predicted molar refractivity (Wildman–Crippen MR) is 103 cm³/mol. The van der Waals surface area contributed by atoms with E-state index in [0.29, 0.717) is 29.4 Å². The third-order valence-electron chi connectivity index (χ3n) is 4.32. The van der Waals surface area contributed by atoms with Crippen LogP contribution in [-0.4, -0.2) is 25.0 Å². The van der Waals surface area contributed by atoms with Crippen LogP contribution in [0.4, 0.5) is 11.4 Å². The summed E-state index contributed by atoms with van der Waals surface area (Å²) in [7, 11) is 0. The summed E-state index contributed by atoms with van der Waals surface area (Å²) < 4.78 is 5.69. The number of aryl methyl sites for hydroxylation is 2. The Kier molecular flexibility index (Phi) is 5.47. The first-order valence-electron chi connectivity index (χ1n) is 8.54. The van der Waals surface area contributed by atoms with Crippen LogP contribution >= 0.6 is 11.6 Å². The van der Waals surface area contributed by atoms with Gasteiger partial charge >= 0.3 is 0 Å². The Morgan fingerprint density at radius 2 is 1.92 bits per heavy atom.